The number of benzene rings is 2. The molecule has 174 valence electrons. The molecule has 2 fully saturated rings. The van der Waals surface area contributed by atoms with Gasteiger partial charge >= 0.3 is 0 Å². The Morgan fingerprint density at radius 2 is 1.00 bits per heavy atom. The molecule has 0 aromatic heterocycles. The smallest absolute Gasteiger partial charge is 0.211 e. The fourth-order valence-electron chi connectivity index (χ4n) is 6.34. The van der Waals surface area contributed by atoms with Gasteiger partial charge in [0, 0.05) is 11.4 Å². The number of nitrogens with zero attached hydrogens (tertiary/aromatic N) is 2. The van der Waals surface area contributed by atoms with Crippen molar-refractivity contribution in [2.24, 2.45) is 0 Å². The van der Waals surface area contributed by atoms with Crippen molar-refractivity contribution < 1.29 is 4.74 Å². The maximum Gasteiger partial charge on any atom is 0.211 e. The molecule has 32 heavy (non-hydrogen) atoms. The number of ether oxygens (including phenoxy) is 1. The van der Waals surface area contributed by atoms with E-state index in [0.717, 1.165) is 0 Å². The Morgan fingerprint density at radius 3 is 1.31 bits per heavy atom. The molecule has 4 rings (SSSR count). The van der Waals surface area contributed by atoms with Crippen molar-refractivity contribution in [3.8, 4) is 0 Å². The number of rotatable bonds is 3. The molecule has 3 nitrogen and oxygen atoms in total. The van der Waals surface area contributed by atoms with Crippen molar-refractivity contribution in [3.05, 3.63) is 57.6 Å². The Hall–Kier alpha value is -2.00. The molecule has 2 aromatic rings. The number of hydrogen-bond donors (Lipinski definition) is 0. The maximum atomic E-state index is 6.96. The minimum absolute atomic E-state index is 0.108. The van der Waals surface area contributed by atoms with Gasteiger partial charge in [-0.3, -0.25) is 0 Å². The van der Waals surface area contributed by atoms with Gasteiger partial charge in [0.1, 0.15) is 0 Å². The molecule has 2 aromatic carbocycles. The second-order valence-corrected chi connectivity index (χ2v) is 11.3. The first-order valence-electron chi connectivity index (χ1n) is 12.4. The van der Waals surface area contributed by atoms with E-state index in [0.29, 0.717) is 12.1 Å². The first-order valence-corrected chi connectivity index (χ1v) is 12.4. The largest absolute Gasteiger partial charge is 0.334 e. The van der Waals surface area contributed by atoms with Crippen LogP contribution in [-0.4, -0.2) is 24.0 Å². The van der Waals surface area contributed by atoms with E-state index in [9.17, 15) is 0 Å². The molecule has 0 amide bonds. The molecule has 2 aliphatic rings. The highest BCUT2D eigenvalue weighted by Gasteiger charge is 2.51. The van der Waals surface area contributed by atoms with Gasteiger partial charge < -0.3 is 14.5 Å². The predicted molar refractivity (Wildman–Crippen MR) is 137 cm³/mol. The van der Waals surface area contributed by atoms with Crippen LogP contribution in [0.25, 0.3) is 0 Å². The van der Waals surface area contributed by atoms with E-state index < -0.39 is 0 Å². The van der Waals surface area contributed by atoms with Crippen LogP contribution < -0.4 is 9.80 Å². The van der Waals surface area contributed by atoms with Crippen LogP contribution in [0.4, 0.5) is 11.4 Å². The Bertz CT molecular complexity index is 883. The third-order valence-corrected chi connectivity index (χ3v) is 7.13. The van der Waals surface area contributed by atoms with Gasteiger partial charge in [-0.1, -0.05) is 48.2 Å². The van der Waals surface area contributed by atoms with E-state index in [4.69, 9.17) is 4.74 Å². The number of fused-ring (bicyclic) bond motifs is 1. The van der Waals surface area contributed by atoms with Crippen molar-refractivity contribution in [1.29, 1.82) is 0 Å². The summed E-state index contributed by atoms with van der Waals surface area (Å²) in [5.41, 5.74) is 10.6. The molecular weight excluding hydrogens is 392 g/mol. The Labute approximate surface area is 195 Å². The Morgan fingerprint density at radius 1 is 0.656 bits per heavy atom. The quantitative estimate of drug-likeness (QED) is 0.505. The Kier molecular flexibility index (Phi) is 6.09. The average molecular weight is 435 g/mol. The minimum Gasteiger partial charge on any atom is -0.334 e. The van der Waals surface area contributed by atoms with Gasteiger partial charge in [0.15, 0.2) is 0 Å². The summed E-state index contributed by atoms with van der Waals surface area (Å²) in [6.07, 6.45) is 4.93. The predicted octanol–water partition coefficient (Wildman–Crippen LogP) is 7.27. The normalized spacial score (nSPS) is 21.9. The van der Waals surface area contributed by atoms with E-state index in [1.165, 1.54) is 70.4 Å². The fourth-order valence-corrected chi connectivity index (χ4v) is 6.34. The highest BCUT2D eigenvalue weighted by Crippen LogP contribution is 2.47. The van der Waals surface area contributed by atoms with Gasteiger partial charge in [-0.2, -0.15) is 0 Å². The molecule has 0 unspecified atom stereocenters. The lowest BCUT2D eigenvalue weighted by molar-refractivity contribution is -0.0544. The second kappa shape index (κ2) is 8.41. The highest BCUT2D eigenvalue weighted by molar-refractivity contribution is 5.69. The lowest BCUT2D eigenvalue weighted by Gasteiger charge is -2.40. The zero-order valence-corrected chi connectivity index (χ0v) is 21.7. The van der Waals surface area contributed by atoms with Crippen LogP contribution in [0.15, 0.2) is 24.3 Å². The monoisotopic (exact) mass is 434 g/mol. The van der Waals surface area contributed by atoms with Gasteiger partial charge in [-0.05, 0) is 97.4 Å². The van der Waals surface area contributed by atoms with Crippen LogP contribution in [-0.2, 0) is 4.74 Å². The van der Waals surface area contributed by atoms with Crippen LogP contribution in [0.2, 0.25) is 0 Å². The molecule has 3 heteroatoms. The Balaban J connectivity index is 1.94. The summed E-state index contributed by atoms with van der Waals surface area (Å²) in [6, 6.07) is 10.3. The second-order valence-electron chi connectivity index (χ2n) is 11.3. The van der Waals surface area contributed by atoms with E-state index in [2.05, 4.69) is 96.4 Å². The third kappa shape index (κ3) is 4.17. The molecule has 0 spiro atoms. The highest BCUT2D eigenvalue weighted by atomic mass is 16.5. The van der Waals surface area contributed by atoms with Crippen LogP contribution in [0.1, 0.15) is 79.8 Å². The first kappa shape index (κ1) is 23.2. The molecule has 0 bridgehead atoms. The fraction of sp³-hybridized carbons (Fsp3) is 0.586. The maximum absolute atomic E-state index is 6.96. The standard InChI is InChI=1S/C29H42N2O/c1-18-14-20(3)26(21(4)15-18)30-24-12-10-11-13-25(24)31(28(30)32-29(7,8)9)27-22(5)16-19(2)17-23(27)6/h14-17,24-25,28H,10-13H2,1-9H3/t24-,25-/m1/s1. The number of hydrogen-bond acceptors (Lipinski definition) is 3. The number of aryl methyl sites for hydroxylation is 6. The summed E-state index contributed by atoms with van der Waals surface area (Å²) < 4.78 is 6.96. The van der Waals surface area contributed by atoms with Gasteiger partial charge in [0.25, 0.3) is 0 Å². The molecule has 0 N–H and O–H groups in total. The zero-order chi connectivity index (χ0) is 23.4. The number of anilines is 2. The molecule has 1 heterocycles. The van der Waals surface area contributed by atoms with Crippen molar-refractivity contribution in [1.82, 2.24) is 0 Å². The van der Waals surface area contributed by atoms with Crippen LogP contribution in [0.3, 0.4) is 0 Å². The summed E-state index contributed by atoms with van der Waals surface area (Å²) in [7, 11) is 0. The summed E-state index contributed by atoms with van der Waals surface area (Å²) in [4.78, 5) is 5.30. The summed E-state index contributed by atoms with van der Waals surface area (Å²) in [5, 5.41) is 0. The van der Waals surface area contributed by atoms with Crippen LogP contribution in [0.5, 0.6) is 0 Å². The van der Waals surface area contributed by atoms with E-state index in [1.54, 1.807) is 0 Å². The third-order valence-electron chi connectivity index (χ3n) is 7.13. The van der Waals surface area contributed by atoms with Crippen LogP contribution in [0, 0.1) is 41.5 Å². The lowest BCUT2D eigenvalue weighted by Crippen LogP contribution is -2.48. The molecular formula is C29H42N2O. The van der Waals surface area contributed by atoms with E-state index in [1.807, 2.05) is 0 Å². The first-order chi connectivity index (χ1) is 15.0. The summed E-state index contributed by atoms with van der Waals surface area (Å²) in [6.45, 7) is 20.0. The molecule has 2 atom stereocenters. The van der Waals surface area contributed by atoms with Gasteiger partial charge in [-0.25, -0.2) is 0 Å². The summed E-state index contributed by atoms with van der Waals surface area (Å²) >= 11 is 0. The van der Waals surface area contributed by atoms with Crippen LogP contribution >= 0.6 is 0 Å². The van der Waals surface area contributed by atoms with Gasteiger partial charge in [0.05, 0.1) is 17.7 Å². The van der Waals surface area contributed by atoms with Gasteiger partial charge in [-0.15, -0.1) is 0 Å². The zero-order valence-electron chi connectivity index (χ0n) is 21.7. The van der Waals surface area contributed by atoms with E-state index in [-0.39, 0.29) is 12.0 Å². The minimum atomic E-state index is -0.242. The SMILES string of the molecule is Cc1cc(C)c(N2C(OC(C)(C)C)N(c3c(C)cc(C)cc3C)[C@@H]3CCCC[C@H]32)c(C)c1. The molecule has 1 saturated heterocycles. The molecule has 1 aliphatic heterocycles. The topological polar surface area (TPSA) is 15.7 Å². The van der Waals surface area contributed by atoms with Crippen molar-refractivity contribution in [2.45, 2.75) is 112 Å². The molecule has 0 radical (unpaired) electrons. The lowest BCUT2D eigenvalue weighted by atomic mass is 9.88. The molecule has 1 saturated carbocycles. The molecule has 1 aliphatic carbocycles. The van der Waals surface area contributed by atoms with E-state index >= 15 is 0 Å². The van der Waals surface area contributed by atoms with Crippen molar-refractivity contribution in [3.63, 3.8) is 0 Å². The van der Waals surface area contributed by atoms with Gasteiger partial charge in [0.2, 0.25) is 6.35 Å². The van der Waals surface area contributed by atoms with Crippen molar-refractivity contribution in [2.75, 3.05) is 9.80 Å². The van der Waals surface area contributed by atoms with Crippen molar-refractivity contribution >= 4 is 11.4 Å². The average Bonchev–Trinajstić information content (AvgIpc) is 2.93. The summed E-state index contributed by atoms with van der Waals surface area (Å²) in [5.74, 6) is 0.